The van der Waals surface area contributed by atoms with Gasteiger partial charge in [-0.1, -0.05) is 25.4 Å². The summed E-state index contributed by atoms with van der Waals surface area (Å²) in [5.41, 5.74) is 2.86. The first-order valence-electron chi connectivity index (χ1n) is 4.97. The highest BCUT2D eigenvalue weighted by atomic mass is 35.5. The number of fused-ring (bicyclic) bond motifs is 1. The lowest BCUT2D eigenvalue weighted by Gasteiger charge is -2.28. The maximum absolute atomic E-state index is 6.03. The van der Waals surface area contributed by atoms with E-state index in [2.05, 4.69) is 44.9 Å². The molecule has 1 atom stereocenters. The highest BCUT2D eigenvalue weighted by Gasteiger charge is 2.39. The number of hydrogen-bond acceptors (Lipinski definition) is 1. The lowest BCUT2D eigenvalue weighted by Crippen LogP contribution is -2.36. The molecule has 1 aromatic rings. The van der Waals surface area contributed by atoms with Crippen LogP contribution in [0.2, 0.25) is 5.02 Å². The first-order chi connectivity index (χ1) is 6.44. The van der Waals surface area contributed by atoms with E-state index in [-0.39, 0.29) is 5.41 Å². The van der Waals surface area contributed by atoms with E-state index in [0.717, 1.165) is 5.02 Å². The molecule has 0 saturated carbocycles. The molecule has 0 aromatic heterocycles. The third-order valence-corrected chi connectivity index (χ3v) is 3.89. The molecular formula is C12H16ClN. The van der Waals surface area contributed by atoms with Crippen LogP contribution in [0.1, 0.15) is 26.3 Å². The van der Waals surface area contributed by atoms with Crippen molar-refractivity contribution in [2.24, 2.45) is 0 Å². The summed E-state index contributed by atoms with van der Waals surface area (Å²) in [6, 6.07) is 6.70. The highest BCUT2D eigenvalue weighted by molar-refractivity contribution is 6.30. The van der Waals surface area contributed by atoms with Crippen molar-refractivity contribution in [3.63, 3.8) is 0 Å². The molecule has 1 aromatic carbocycles. The summed E-state index contributed by atoms with van der Waals surface area (Å²) in [7, 11) is 2.14. The topological polar surface area (TPSA) is 3.24 Å². The zero-order valence-corrected chi connectivity index (χ0v) is 9.89. The van der Waals surface area contributed by atoms with Gasteiger partial charge < -0.3 is 4.90 Å². The van der Waals surface area contributed by atoms with Crippen LogP contribution in [0.15, 0.2) is 18.2 Å². The van der Waals surface area contributed by atoms with Gasteiger partial charge in [-0.3, -0.25) is 0 Å². The van der Waals surface area contributed by atoms with Crippen LogP contribution in [0.25, 0.3) is 0 Å². The number of halogens is 1. The minimum Gasteiger partial charge on any atom is -0.371 e. The summed E-state index contributed by atoms with van der Waals surface area (Å²) < 4.78 is 0. The molecule has 76 valence electrons. The molecule has 0 spiro atoms. The van der Waals surface area contributed by atoms with Crippen LogP contribution in [-0.2, 0) is 5.41 Å². The van der Waals surface area contributed by atoms with Gasteiger partial charge in [-0.2, -0.15) is 0 Å². The fraction of sp³-hybridized carbons (Fsp3) is 0.500. The zero-order valence-electron chi connectivity index (χ0n) is 9.13. The lowest BCUT2D eigenvalue weighted by molar-refractivity contribution is 0.454. The van der Waals surface area contributed by atoms with Crippen molar-refractivity contribution in [2.45, 2.75) is 32.2 Å². The maximum atomic E-state index is 6.03. The van der Waals surface area contributed by atoms with Gasteiger partial charge in [-0.25, -0.2) is 0 Å². The van der Waals surface area contributed by atoms with E-state index in [0.29, 0.717) is 6.04 Å². The molecule has 0 radical (unpaired) electrons. The number of benzene rings is 1. The number of nitrogens with zero attached hydrogens (tertiary/aromatic N) is 1. The van der Waals surface area contributed by atoms with Crippen LogP contribution >= 0.6 is 11.6 Å². The molecule has 0 saturated heterocycles. The predicted octanol–water partition coefficient (Wildman–Crippen LogP) is 3.46. The minimum absolute atomic E-state index is 0.189. The van der Waals surface area contributed by atoms with Crippen LogP contribution < -0.4 is 4.90 Å². The fourth-order valence-corrected chi connectivity index (χ4v) is 2.42. The minimum atomic E-state index is 0.189. The molecule has 1 aliphatic rings. The Hall–Kier alpha value is -0.690. The van der Waals surface area contributed by atoms with Crippen molar-refractivity contribution in [3.8, 4) is 0 Å². The number of likely N-dealkylation sites (N-methyl/N-ethyl adjacent to an activating group) is 1. The van der Waals surface area contributed by atoms with Gasteiger partial charge in [-0.15, -0.1) is 0 Å². The van der Waals surface area contributed by atoms with Crippen LogP contribution in [0, 0.1) is 0 Å². The van der Waals surface area contributed by atoms with E-state index in [4.69, 9.17) is 11.6 Å². The summed E-state index contributed by atoms with van der Waals surface area (Å²) in [5.74, 6) is 0. The van der Waals surface area contributed by atoms with Gasteiger partial charge in [0.1, 0.15) is 0 Å². The first kappa shape index (κ1) is 9.85. The Kier molecular flexibility index (Phi) is 2.04. The van der Waals surface area contributed by atoms with Crippen LogP contribution in [0.4, 0.5) is 5.69 Å². The molecule has 0 N–H and O–H groups in total. The lowest BCUT2D eigenvalue weighted by atomic mass is 9.81. The van der Waals surface area contributed by atoms with Crippen molar-refractivity contribution in [1.29, 1.82) is 0 Å². The number of rotatable bonds is 0. The van der Waals surface area contributed by atoms with E-state index in [1.165, 1.54) is 11.3 Å². The SMILES string of the molecule is CC1N(C)c2ccc(Cl)cc2C1(C)C. The van der Waals surface area contributed by atoms with Crippen molar-refractivity contribution < 1.29 is 0 Å². The molecule has 1 nitrogen and oxygen atoms in total. The van der Waals surface area contributed by atoms with Gasteiger partial charge >= 0.3 is 0 Å². The van der Waals surface area contributed by atoms with Crippen molar-refractivity contribution in [3.05, 3.63) is 28.8 Å². The molecule has 1 aliphatic heterocycles. The molecule has 0 amide bonds. The van der Waals surface area contributed by atoms with Gasteiger partial charge in [0.2, 0.25) is 0 Å². The number of hydrogen-bond donors (Lipinski definition) is 0. The van der Waals surface area contributed by atoms with Gasteiger partial charge in [-0.05, 0) is 30.7 Å². The second-order valence-corrected chi connectivity index (χ2v) is 5.11. The van der Waals surface area contributed by atoms with Gasteiger partial charge in [0.25, 0.3) is 0 Å². The average molecular weight is 210 g/mol. The zero-order chi connectivity index (χ0) is 10.5. The standard InChI is InChI=1S/C12H16ClN/c1-8-12(2,3)10-7-9(13)5-6-11(10)14(8)4/h5-8H,1-4H3. The van der Waals surface area contributed by atoms with Crippen LogP contribution in [-0.4, -0.2) is 13.1 Å². The van der Waals surface area contributed by atoms with Crippen molar-refractivity contribution in [1.82, 2.24) is 0 Å². The van der Waals surface area contributed by atoms with E-state index < -0.39 is 0 Å². The Morgan fingerprint density at radius 1 is 1.36 bits per heavy atom. The second-order valence-electron chi connectivity index (χ2n) is 4.67. The predicted molar refractivity (Wildman–Crippen MR) is 62.3 cm³/mol. The van der Waals surface area contributed by atoms with Gasteiger partial charge in [0.15, 0.2) is 0 Å². The average Bonchev–Trinajstić information content (AvgIpc) is 2.29. The Balaban J connectivity index is 2.63. The van der Waals surface area contributed by atoms with Crippen molar-refractivity contribution >= 4 is 17.3 Å². The van der Waals surface area contributed by atoms with E-state index in [9.17, 15) is 0 Å². The first-order valence-corrected chi connectivity index (χ1v) is 5.35. The van der Waals surface area contributed by atoms with E-state index in [1.54, 1.807) is 0 Å². The molecule has 0 bridgehead atoms. The Bertz CT molecular complexity index is 371. The van der Waals surface area contributed by atoms with E-state index >= 15 is 0 Å². The molecule has 14 heavy (non-hydrogen) atoms. The third-order valence-electron chi connectivity index (χ3n) is 3.66. The Morgan fingerprint density at radius 3 is 2.64 bits per heavy atom. The summed E-state index contributed by atoms with van der Waals surface area (Å²) in [6.07, 6.45) is 0. The molecule has 1 heterocycles. The Morgan fingerprint density at radius 2 is 2.00 bits per heavy atom. The van der Waals surface area contributed by atoms with Gasteiger partial charge in [0, 0.05) is 29.2 Å². The highest BCUT2D eigenvalue weighted by Crippen LogP contribution is 2.44. The maximum Gasteiger partial charge on any atom is 0.0410 e. The smallest absolute Gasteiger partial charge is 0.0410 e. The summed E-state index contributed by atoms with van der Waals surface area (Å²) in [6.45, 7) is 6.81. The summed E-state index contributed by atoms with van der Waals surface area (Å²) >= 11 is 6.03. The molecule has 1 unspecified atom stereocenters. The monoisotopic (exact) mass is 209 g/mol. The fourth-order valence-electron chi connectivity index (χ4n) is 2.25. The third kappa shape index (κ3) is 1.15. The van der Waals surface area contributed by atoms with Gasteiger partial charge in [0.05, 0.1) is 0 Å². The Labute approximate surface area is 90.7 Å². The van der Waals surface area contributed by atoms with E-state index in [1.807, 2.05) is 6.07 Å². The van der Waals surface area contributed by atoms with Crippen LogP contribution in [0.5, 0.6) is 0 Å². The summed E-state index contributed by atoms with van der Waals surface area (Å²) in [5, 5.41) is 0.833. The molecular weight excluding hydrogens is 194 g/mol. The molecule has 0 fully saturated rings. The quantitative estimate of drug-likeness (QED) is 0.633. The molecule has 2 rings (SSSR count). The van der Waals surface area contributed by atoms with Crippen molar-refractivity contribution in [2.75, 3.05) is 11.9 Å². The van der Waals surface area contributed by atoms with Crippen LogP contribution in [0.3, 0.4) is 0 Å². The second kappa shape index (κ2) is 2.90. The number of anilines is 1. The largest absolute Gasteiger partial charge is 0.371 e. The molecule has 2 heteroatoms. The molecule has 0 aliphatic carbocycles. The normalized spacial score (nSPS) is 23.8. The summed E-state index contributed by atoms with van der Waals surface area (Å²) in [4.78, 5) is 2.33.